The highest BCUT2D eigenvalue weighted by Gasteiger charge is 2.24. The molecular formula is C29H37N3O4S. The van der Waals surface area contributed by atoms with Crippen LogP contribution in [0.25, 0.3) is 0 Å². The first kappa shape index (κ1) is 28.1. The number of anilines is 1. The monoisotopic (exact) mass is 523 g/mol. The lowest BCUT2D eigenvalue weighted by atomic mass is 10.1. The second-order valence-corrected chi connectivity index (χ2v) is 10.0. The van der Waals surface area contributed by atoms with E-state index in [1.807, 2.05) is 78.7 Å². The summed E-state index contributed by atoms with van der Waals surface area (Å²) in [5.74, 6) is 1.23. The van der Waals surface area contributed by atoms with Crippen LogP contribution in [-0.4, -0.2) is 55.1 Å². The minimum Gasteiger partial charge on any atom is -0.493 e. The van der Waals surface area contributed by atoms with Crippen molar-refractivity contribution in [3.05, 3.63) is 76.0 Å². The third-order valence-corrected chi connectivity index (χ3v) is 7.09. The van der Waals surface area contributed by atoms with E-state index < -0.39 is 0 Å². The largest absolute Gasteiger partial charge is 0.493 e. The van der Waals surface area contributed by atoms with E-state index >= 15 is 0 Å². The summed E-state index contributed by atoms with van der Waals surface area (Å²) in [6.07, 6.45) is 1.46. The molecule has 198 valence electrons. The number of nitrogens with zero attached hydrogens (tertiary/aromatic N) is 2. The number of methoxy groups -OCH3 is 2. The Hall–Kier alpha value is -3.52. The molecule has 2 aromatic carbocycles. The van der Waals surface area contributed by atoms with Crippen molar-refractivity contribution in [1.82, 2.24) is 9.80 Å². The predicted molar refractivity (Wildman–Crippen MR) is 150 cm³/mol. The number of urea groups is 1. The SMILES string of the molecule is CCc1ccccc1NC(=O)N(CC(=O)N(CCc1ccc(OC)c(OC)c1)Cc1cccs1)C(C)C. The topological polar surface area (TPSA) is 71.1 Å². The summed E-state index contributed by atoms with van der Waals surface area (Å²) in [5, 5.41) is 5.01. The van der Waals surface area contributed by atoms with Crippen molar-refractivity contribution < 1.29 is 19.1 Å². The molecule has 37 heavy (non-hydrogen) atoms. The van der Waals surface area contributed by atoms with E-state index in [1.54, 1.807) is 30.5 Å². The molecule has 0 unspecified atom stereocenters. The second-order valence-electron chi connectivity index (χ2n) is 9.00. The number of amides is 3. The molecule has 0 aliphatic heterocycles. The number of ether oxygens (including phenoxy) is 2. The van der Waals surface area contributed by atoms with Crippen LogP contribution in [0.3, 0.4) is 0 Å². The Kier molecular flexibility index (Phi) is 10.4. The molecule has 0 atom stereocenters. The van der Waals surface area contributed by atoms with E-state index in [4.69, 9.17) is 9.47 Å². The van der Waals surface area contributed by atoms with Gasteiger partial charge in [0.05, 0.1) is 20.8 Å². The van der Waals surface area contributed by atoms with Gasteiger partial charge in [0.1, 0.15) is 6.54 Å². The summed E-state index contributed by atoms with van der Waals surface area (Å²) in [6, 6.07) is 17.1. The fourth-order valence-corrected chi connectivity index (χ4v) is 4.77. The number of aryl methyl sites for hydroxylation is 1. The Morgan fingerprint density at radius 3 is 2.41 bits per heavy atom. The fourth-order valence-electron chi connectivity index (χ4n) is 4.05. The highest BCUT2D eigenvalue weighted by atomic mass is 32.1. The summed E-state index contributed by atoms with van der Waals surface area (Å²) in [7, 11) is 3.22. The van der Waals surface area contributed by atoms with Gasteiger partial charge in [0.25, 0.3) is 0 Å². The van der Waals surface area contributed by atoms with E-state index in [0.717, 1.165) is 28.1 Å². The normalized spacial score (nSPS) is 10.8. The molecule has 0 radical (unpaired) electrons. The van der Waals surface area contributed by atoms with Gasteiger partial charge in [0, 0.05) is 23.2 Å². The van der Waals surface area contributed by atoms with E-state index in [1.165, 1.54) is 0 Å². The summed E-state index contributed by atoms with van der Waals surface area (Å²) in [4.78, 5) is 31.3. The van der Waals surface area contributed by atoms with Crippen LogP contribution in [0, 0.1) is 0 Å². The lowest BCUT2D eigenvalue weighted by Gasteiger charge is -2.30. The average molecular weight is 524 g/mol. The zero-order valence-corrected chi connectivity index (χ0v) is 23.1. The van der Waals surface area contributed by atoms with Crippen LogP contribution in [0.2, 0.25) is 0 Å². The van der Waals surface area contributed by atoms with Crippen molar-refractivity contribution in [3.8, 4) is 11.5 Å². The van der Waals surface area contributed by atoms with Gasteiger partial charge in [-0.05, 0) is 67.5 Å². The van der Waals surface area contributed by atoms with E-state index in [9.17, 15) is 9.59 Å². The minimum absolute atomic E-state index is 0.00486. The molecule has 0 saturated heterocycles. The van der Waals surface area contributed by atoms with E-state index in [-0.39, 0.29) is 24.5 Å². The summed E-state index contributed by atoms with van der Waals surface area (Å²) in [6.45, 7) is 6.90. The van der Waals surface area contributed by atoms with Gasteiger partial charge < -0.3 is 24.6 Å². The smallest absolute Gasteiger partial charge is 0.322 e. The predicted octanol–water partition coefficient (Wildman–Crippen LogP) is 5.84. The summed E-state index contributed by atoms with van der Waals surface area (Å²) >= 11 is 1.62. The number of rotatable bonds is 12. The summed E-state index contributed by atoms with van der Waals surface area (Å²) in [5.41, 5.74) is 2.87. The fraction of sp³-hybridized carbons (Fsp3) is 0.379. The number of hydrogen-bond acceptors (Lipinski definition) is 5. The molecule has 3 amide bonds. The van der Waals surface area contributed by atoms with Gasteiger partial charge in [-0.3, -0.25) is 4.79 Å². The molecular weight excluding hydrogens is 486 g/mol. The Balaban J connectivity index is 1.74. The van der Waals surface area contributed by atoms with Crippen LogP contribution in [0.5, 0.6) is 11.5 Å². The van der Waals surface area contributed by atoms with E-state index in [0.29, 0.717) is 31.0 Å². The molecule has 0 saturated carbocycles. The van der Waals surface area contributed by atoms with Gasteiger partial charge in [0.15, 0.2) is 11.5 Å². The van der Waals surface area contributed by atoms with Gasteiger partial charge >= 0.3 is 6.03 Å². The highest BCUT2D eigenvalue weighted by molar-refractivity contribution is 7.09. The molecule has 1 N–H and O–H groups in total. The van der Waals surface area contributed by atoms with Crippen LogP contribution in [0.15, 0.2) is 60.0 Å². The van der Waals surface area contributed by atoms with Gasteiger partial charge in [-0.1, -0.05) is 37.3 Å². The first-order chi connectivity index (χ1) is 17.9. The maximum Gasteiger partial charge on any atom is 0.322 e. The van der Waals surface area contributed by atoms with Crippen molar-refractivity contribution in [1.29, 1.82) is 0 Å². The molecule has 1 aromatic heterocycles. The molecule has 7 nitrogen and oxygen atoms in total. The van der Waals surface area contributed by atoms with Crippen molar-refractivity contribution in [2.24, 2.45) is 0 Å². The molecule has 3 rings (SSSR count). The second kappa shape index (κ2) is 13.7. The zero-order valence-electron chi connectivity index (χ0n) is 22.3. The van der Waals surface area contributed by atoms with Crippen LogP contribution >= 0.6 is 11.3 Å². The maximum atomic E-state index is 13.6. The Morgan fingerprint density at radius 2 is 1.76 bits per heavy atom. The lowest BCUT2D eigenvalue weighted by molar-refractivity contribution is -0.132. The van der Waals surface area contributed by atoms with Crippen molar-refractivity contribution in [2.45, 2.75) is 46.2 Å². The van der Waals surface area contributed by atoms with E-state index in [2.05, 4.69) is 12.2 Å². The van der Waals surface area contributed by atoms with Crippen molar-refractivity contribution >= 4 is 29.0 Å². The zero-order chi connectivity index (χ0) is 26.8. The molecule has 0 bridgehead atoms. The number of carbonyl (C=O) groups excluding carboxylic acids is 2. The van der Waals surface area contributed by atoms with Gasteiger partial charge in [-0.15, -0.1) is 11.3 Å². The lowest BCUT2D eigenvalue weighted by Crippen LogP contribution is -2.47. The van der Waals surface area contributed by atoms with Crippen LogP contribution in [-0.2, 0) is 24.2 Å². The van der Waals surface area contributed by atoms with Crippen LogP contribution < -0.4 is 14.8 Å². The van der Waals surface area contributed by atoms with Crippen molar-refractivity contribution in [3.63, 3.8) is 0 Å². The molecule has 1 heterocycles. The Labute approximate surface area is 224 Å². The highest BCUT2D eigenvalue weighted by Crippen LogP contribution is 2.28. The molecule has 0 aliphatic rings. The molecule has 0 spiro atoms. The standard InChI is InChI=1S/C29H37N3O4S/c1-6-23-10-7-8-12-25(23)30-29(34)32(21(2)3)20-28(33)31(19-24-11-9-17-37-24)16-15-22-13-14-26(35-4)27(18-22)36-5/h7-14,17-18,21H,6,15-16,19-20H2,1-5H3,(H,30,34). The number of nitrogens with one attached hydrogen (secondary N) is 1. The van der Waals surface area contributed by atoms with Gasteiger partial charge in [-0.2, -0.15) is 0 Å². The summed E-state index contributed by atoms with van der Waals surface area (Å²) < 4.78 is 10.8. The maximum absolute atomic E-state index is 13.6. The van der Waals surface area contributed by atoms with Crippen LogP contribution in [0.4, 0.5) is 10.5 Å². The number of benzene rings is 2. The number of para-hydroxylation sites is 1. The molecule has 0 aliphatic carbocycles. The first-order valence-corrected chi connectivity index (χ1v) is 13.4. The number of carbonyl (C=O) groups is 2. The number of hydrogen-bond donors (Lipinski definition) is 1. The van der Waals surface area contributed by atoms with Crippen molar-refractivity contribution in [2.75, 3.05) is 32.6 Å². The molecule has 8 heteroatoms. The Bertz CT molecular complexity index is 1160. The van der Waals surface area contributed by atoms with Gasteiger partial charge in [0.2, 0.25) is 5.91 Å². The first-order valence-electron chi connectivity index (χ1n) is 12.5. The third kappa shape index (κ3) is 7.73. The quantitative estimate of drug-likeness (QED) is 0.324. The third-order valence-electron chi connectivity index (χ3n) is 6.23. The van der Waals surface area contributed by atoms with Crippen LogP contribution in [0.1, 0.15) is 36.8 Å². The average Bonchev–Trinajstić information content (AvgIpc) is 3.42. The molecule has 3 aromatic rings. The number of thiophene rings is 1. The Morgan fingerprint density at radius 1 is 1.00 bits per heavy atom. The minimum atomic E-state index is -0.278. The van der Waals surface area contributed by atoms with Gasteiger partial charge in [-0.25, -0.2) is 4.79 Å². The molecule has 0 fully saturated rings.